The fourth-order valence-corrected chi connectivity index (χ4v) is 3.36. The number of nitrogens with zero attached hydrogens (tertiary/aromatic N) is 4. The molecule has 7 nitrogen and oxygen atoms in total. The molecule has 0 saturated carbocycles. The number of nitrogens with one attached hydrogen (secondary N) is 1. The van der Waals surface area contributed by atoms with E-state index in [1.54, 1.807) is 24.2 Å². The summed E-state index contributed by atoms with van der Waals surface area (Å²) in [6, 6.07) is 13.1. The number of rotatable bonds is 3. The SMILES string of the molecule is CNC(=O)C[C@H]1CN(C(=O)c2ccc3ccccc3n2)Cc2ccnn21. The Morgan fingerprint density at radius 2 is 2.04 bits per heavy atom. The van der Waals surface area contributed by atoms with E-state index in [1.165, 1.54) is 0 Å². The number of carbonyl (C=O) groups excluding carboxylic acids is 2. The Hall–Kier alpha value is -3.22. The molecule has 0 fully saturated rings. The van der Waals surface area contributed by atoms with Gasteiger partial charge in [0.1, 0.15) is 5.69 Å². The molecular weight excluding hydrogens is 330 g/mol. The van der Waals surface area contributed by atoms with Crippen molar-refractivity contribution in [3.05, 3.63) is 60.0 Å². The predicted octanol–water partition coefficient (Wildman–Crippen LogP) is 1.76. The van der Waals surface area contributed by atoms with Crippen molar-refractivity contribution in [3.8, 4) is 0 Å². The summed E-state index contributed by atoms with van der Waals surface area (Å²) in [6.45, 7) is 0.882. The van der Waals surface area contributed by atoms with Crippen molar-refractivity contribution in [3.63, 3.8) is 0 Å². The van der Waals surface area contributed by atoms with Gasteiger partial charge in [0, 0.05) is 25.2 Å². The summed E-state index contributed by atoms with van der Waals surface area (Å²) in [6.07, 6.45) is 1.98. The number of para-hydroxylation sites is 1. The zero-order valence-electron chi connectivity index (χ0n) is 14.4. The van der Waals surface area contributed by atoms with Gasteiger partial charge in [0.15, 0.2) is 0 Å². The topological polar surface area (TPSA) is 80.1 Å². The normalized spacial score (nSPS) is 16.3. The van der Waals surface area contributed by atoms with Crippen LogP contribution in [0.1, 0.15) is 28.6 Å². The van der Waals surface area contributed by atoms with Crippen LogP contribution < -0.4 is 5.32 Å². The molecule has 0 saturated heterocycles. The van der Waals surface area contributed by atoms with Crippen LogP contribution in [-0.4, -0.2) is 45.1 Å². The second-order valence-corrected chi connectivity index (χ2v) is 6.37. The molecule has 7 heteroatoms. The molecule has 26 heavy (non-hydrogen) atoms. The van der Waals surface area contributed by atoms with Crippen LogP contribution in [0.25, 0.3) is 10.9 Å². The minimum atomic E-state index is -0.182. The van der Waals surface area contributed by atoms with E-state index in [0.717, 1.165) is 16.6 Å². The molecule has 0 radical (unpaired) electrons. The average molecular weight is 349 g/mol. The molecule has 2 amide bonds. The smallest absolute Gasteiger partial charge is 0.272 e. The van der Waals surface area contributed by atoms with Gasteiger partial charge in [-0.25, -0.2) is 4.98 Å². The van der Waals surface area contributed by atoms with Gasteiger partial charge in [-0.15, -0.1) is 0 Å². The Labute approximate surface area is 150 Å². The van der Waals surface area contributed by atoms with Gasteiger partial charge in [0.05, 0.1) is 30.2 Å². The Balaban J connectivity index is 1.62. The first-order chi connectivity index (χ1) is 12.7. The third kappa shape index (κ3) is 2.92. The molecule has 132 valence electrons. The lowest BCUT2D eigenvalue weighted by molar-refractivity contribution is -0.121. The van der Waals surface area contributed by atoms with Gasteiger partial charge in [0.25, 0.3) is 5.91 Å². The first-order valence-electron chi connectivity index (χ1n) is 8.54. The number of pyridine rings is 1. The van der Waals surface area contributed by atoms with Crippen molar-refractivity contribution in [1.82, 2.24) is 25.0 Å². The molecule has 2 aromatic heterocycles. The molecule has 0 spiro atoms. The summed E-state index contributed by atoms with van der Waals surface area (Å²) in [5.74, 6) is -0.209. The molecule has 0 bridgehead atoms. The van der Waals surface area contributed by atoms with E-state index in [9.17, 15) is 9.59 Å². The van der Waals surface area contributed by atoms with Gasteiger partial charge in [-0.1, -0.05) is 24.3 Å². The molecule has 1 atom stereocenters. The Kier molecular flexibility index (Phi) is 4.12. The van der Waals surface area contributed by atoms with Gasteiger partial charge in [0.2, 0.25) is 5.91 Å². The lowest BCUT2D eigenvalue weighted by Crippen LogP contribution is -2.43. The maximum absolute atomic E-state index is 13.0. The van der Waals surface area contributed by atoms with Crippen molar-refractivity contribution in [2.75, 3.05) is 13.6 Å². The van der Waals surface area contributed by atoms with Gasteiger partial charge < -0.3 is 10.2 Å². The third-order valence-electron chi connectivity index (χ3n) is 4.69. The Bertz CT molecular complexity index is 981. The molecule has 1 N–H and O–H groups in total. The largest absolute Gasteiger partial charge is 0.359 e. The van der Waals surface area contributed by atoms with E-state index in [-0.39, 0.29) is 24.3 Å². The van der Waals surface area contributed by atoms with Crippen molar-refractivity contribution in [2.45, 2.75) is 19.0 Å². The first-order valence-corrected chi connectivity index (χ1v) is 8.54. The predicted molar refractivity (Wildman–Crippen MR) is 96.4 cm³/mol. The second kappa shape index (κ2) is 6.59. The van der Waals surface area contributed by atoms with Crippen molar-refractivity contribution < 1.29 is 9.59 Å². The Morgan fingerprint density at radius 3 is 2.88 bits per heavy atom. The van der Waals surface area contributed by atoms with Gasteiger partial charge in [-0.2, -0.15) is 5.10 Å². The van der Waals surface area contributed by atoms with Crippen LogP contribution in [0.15, 0.2) is 48.7 Å². The zero-order valence-corrected chi connectivity index (χ0v) is 14.4. The van der Waals surface area contributed by atoms with Crippen LogP contribution >= 0.6 is 0 Å². The van der Waals surface area contributed by atoms with Crippen LogP contribution in [0, 0.1) is 0 Å². The molecule has 0 aliphatic carbocycles. The van der Waals surface area contributed by atoms with Crippen molar-refractivity contribution >= 4 is 22.7 Å². The molecule has 1 aromatic carbocycles. The Morgan fingerprint density at radius 1 is 1.19 bits per heavy atom. The van der Waals surface area contributed by atoms with Crippen LogP contribution in [0.2, 0.25) is 0 Å². The fraction of sp³-hybridized carbons (Fsp3) is 0.263. The lowest BCUT2D eigenvalue weighted by atomic mass is 10.1. The zero-order chi connectivity index (χ0) is 18.1. The maximum atomic E-state index is 13.0. The molecule has 0 unspecified atom stereocenters. The van der Waals surface area contributed by atoms with E-state index in [2.05, 4.69) is 15.4 Å². The third-order valence-corrected chi connectivity index (χ3v) is 4.69. The van der Waals surface area contributed by atoms with E-state index < -0.39 is 0 Å². The molecule has 3 heterocycles. The molecule has 1 aliphatic rings. The minimum absolute atomic E-state index is 0.0745. The van der Waals surface area contributed by atoms with Crippen LogP contribution in [0.3, 0.4) is 0 Å². The summed E-state index contributed by atoms with van der Waals surface area (Å²) in [5, 5.41) is 7.95. The van der Waals surface area contributed by atoms with Crippen LogP contribution in [0.5, 0.6) is 0 Å². The highest BCUT2D eigenvalue weighted by Crippen LogP contribution is 2.24. The summed E-state index contributed by atoms with van der Waals surface area (Å²) in [5.41, 5.74) is 2.12. The number of hydrogen-bond donors (Lipinski definition) is 1. The molecule has 4 rings (SSSR count). The summed E-state index contributed by atoms with van der Waals surface area (Å²) >= 11 is 0. The summed E-state index contributed by atoms with van der Waals surface area (Å²) in [7, 11) is 1.61. The van der Waals surface area contributed by atoms with Crippen LogP contribution in [-0.2, 0) is 11.3 Å². The number of aromatic nitrogens is 3. The lowest BCUT2D eigenvalue weighted by Gasteiger charge is -2.33. The molecule has 1 aliphatic heterocycles. The number of hydrogen-bond acceptors (Lipinski definition) is 4. The van der Waals surface area contributed by atoms with E-state index >= 15 is 0 Å². The number of carbonyl (C=O) groups is 2. The highest BCUT2D eigenvalue weighted by Gasteiger charge is 2.30. The standard InChI is InChI=1S/C19H19N5O2/c1-20-18(25)10-15-12-23(11-14-8-9-21-24(14)15)19(26)17-7-6-13-4-2-3-5-16(13)22-17/h2-9,15H,10-12H2,1H3,(H,20,25)/t15-/m0/s1. The number of fused-ring (bicyclic) bond motifs is 2. The fourth-order valence-electron chi connectivity index (χ4n) is 3.36. The monoisotopic (exact) mass is 349 g/mol. The van der Waals surface area contributed by atoms with Crippen LogP contribution in [0.4, 0.5) is 0 Å². The molecule has 3 aromatic rings. The van der Waals surface area contributed by atoms with Crippen molar-refractivity contribution in [1.29, 1.82) is 0 Å². The summed E-state index contributed by atoms with van der Waals surface area (Å²) < 4.78 is 1.84. The van der Waals surface area contributed by atoms with Gasteiger partial charge in [-0.05, 0) is 18.2 Å². The molecular formula is C19H19N5O2. The van der Waals surface area contributed by atoms with Gasteiger partial charge >= 0.3 is 0 Å². The highest BCUT2D eigenvalue weighted by atomic mass is 16.2. The van der Waals surface area contributed by atoms with E-state index in [0.29, 0.717) is 18.8 Å². The number of amides is 2. The van der Waals surface area contributed by atoms with E-state index in [4.69, 9.17) is 0 Å². The van der Waals surface area contributed by atoms with E-state index in [1.807, 2.05) is 41.1 Å². The number of benzene rings is 1. The van der Waals surface area contributed by atoms with Crippen molar-refractivity contribution in [2.24, 2.45) is 0 Å². The minimum Gasteiger partial charge on any atom is -0.359 e. The quantitative estimate of drug-likeness (QED) is 0.781. The first kappa shape index (κ1) is 16.3. The van der Waals surface area contributed by atoms with Gasteiger partial charge in [-0.3, -0.25) is 14.3 Å². The maximum Gasteiger partial charge on any atom is 0.272 e. The highest BCUT2D eigenvalue weighted by molar-refractivity contribution is 5.95. The summed E-state index contributed by atoms with van der Waals surface area (Å²) in [4.78, 5) is 31.1. The second-order valence-electron chi connectivity index (χ2n) is 6.37. The average Bonchev–Trinajstić information content (AvgIpc) is 3.15.